The van der Waals surface area contributed by atoms with E-state index in [1.165, 1.54) is 5.56 Å². The van der Waals surface area contributed by atoms with Crippen LogP contribution in [0.15, 0.2) is 48.5 Å². The Balaban J connectivity index is 1.62. The summed E-state index contributed by atoms with van der Waals surface area (Å²) in [5.41, 5.74) is 11.6. The number of aryl methyl sites for hydroxylation is 2. The first-order chi connectivity index (χ1) is 14.5. The van der Waals surface area contributed by atoms with Crippen molar-refractivity contribution in [2.24, 2.45) is 0 Å². The molecule has 0 fully saturated rings. The van der Waals surface area contributed by atoms with Crippen LogP contribution in [-0.4, -0.2) is 22.5 Å². The zero-order valence-electron chi connectivity index (χ0n) is 17.2. The topological polar surface area (TPSA) is 92.9 Å². The van der Waals surface area contributed by atoms with Gasteiger partial charge in [-0.1, -0.05) is 35.9 Å². The quantitative estimate of drug-likeness (QED) is 0.498. The molecular formula is C23H26ClN5O. The van der Waals surface area contributed by atoms with Crippen LogP contribution in [0.2, 0.25) is 5.02 Å². The van der Waals surface area contributed by atoms with E-state index >= 15 is 0 Å². The van der Waals surface area contributed by atoms with Gasteiger partial charge in [0.05, 0.1) is 5.69 Å². The fourth-order valence-corrected chi connectivity index (χ4v) is 3.41. The van der Waals surface area contributed by atoms with Crippen LogP contribution >= 0.6 is 11.6 Å². The summed E-state index contributed by atoms with van der Waals surface area (Å²) in [6, 6.07) is 15.4. The van der Waals surface area contributed by atoms with Crippen LogP contribution in [0.4, 0.5) is 16.4 Å². The van der Waals surface area contributed by atoms with Crippen molar-refractivity contribution in [3.8, 4) is 11.3 Å². The van der Waals surface area contributed by atoms with Crippen molar-refractivity contribution < 1.29 is 4.79 Å². The first kappa shape index (κ1) is 21.6. The molecule has 30 heavy (non-hydrogen) atoms. The van der Waals surface area contributed by atoms with Gasteiger partial charge in [-0.15, -0.1) is 0 Å². The zero-order valence-corrected chi connectivity index (χ0v) is 18.0. The number of halogens is 1. The largest absolute Gasteiger partial charge is 0.368 e. The first-order valence-corrected chi connectivity index (χ1v) is 10.4. The summed E-state index contributed by atoms with van der Waals surface area (Å²) in [4.78, 5) is 20.3. The van der Waals surface area contributed by atoms with Gasteiger partial charge in [-0.2, -0.15) is 0 Å². The summed E-state index contributed by atoms with van der Waals surface area (Å²) >= 11 is 6.25. The third-order valence-electron chi connectivity index (χ3n) is 4.79. The molecule has 0 radical (unpaired) electrons. The number of hydrogen-bond donors (Lipinski definition) is 3. The van der Waals surface area contributed by atoms with Crippen molar-refractivity contribution in [3.05, 3.63) is 70.4 Å². The fourth-order valence-electron chi connectivity index (χ4n) is 3.23. The third-order valence-corrected chi connectivity index (χ3v) is 5.20. The molecule has 0 saturated heterocycles. The molecule has 0 aliphatic heterocycles. The predicted molar refractivity (Wildman–Crippen MR) is 123 cm³/mol. The molecule has 0 atom stereocenters. The minimum Gasteiger partial charge on any atom is -0.368 e. The van der Waals surface area contributed by atoms with Crippen LogP contribution in [0.25, 0.3) is 11.3 Å². The number of amides is 2. The van der Waals surface area contributed by atoms with Crippen molar-refractivity contribution >= 4 is 29.3 Å². The Morgan fingerprint density at radius 2 is 1.87 bits per heavy atom. The zero-order chi connectivity index (χ0) is 21.5. The summed E-state index contributed by atoms with van der Waals surface area (Å²) in [6.45, 7) is 4.45. The van der Waals surface area contributed by atoms with Crippen LogP contribution in [-0.2, 0) is 12.8 Å². The van der Waals surface area contributed by atoms with Crippen molar-refractivity contribution in [1.82, 2.24) is 15.3 Å². The highest BCUT2D eigenvalue weighted by Crippen LogP contribution is 2.28. The van der Waals surface area contributed by atoms with E-state index in [9.17, 15) is 4.79 Å². The van der Waals surface area contributed by atoms with Crippen LogP contribution in [0, 0.1) is 6.92 Å². The lowest BCUT2D eigenvalue weighted by atomic mass is 10.0. The average molecular weight is 424 g/mol. The van der Waals surface area contributed by atoms with Crippen LogP contribution in [0.3, 0.4) is 0 Å². The number of urea groups is 1. The molecule has 0 bridgehead atoms. The lowest BCUT2D eigenvalue weighted by Gasteiger charge is -2.10. The molecule has 156 valence electrons. The minimum absolute atomic E-state index is 0.197. The SMILES string of the molecule is CCNC(=O)Nc1ccc(CCCc2cc(-c3cccc(Cl)c3C)nc(N)n2)cc1. The Morgan fingerprint density at radius 3 is 2.60 bits per heavy atom. The standard InChI is InChI=1S/C23H26ClN5O/c1-3-26-23(30)28-17-12-10-16(11-13-17)6-4-7-18-14-21(29-22(25)27-18)19-8-5-9-20(24)15(19)2/h5,8-14H,3-4,6-7H2,1-2H3,(H2,25,27,29)(H2,26,28,30). The molecule has 3 rings (SSSR count). The molecule has 7 heteroatoms. The molecule has 1 heterocycles. The molecule has 0 unspecified atom stereocenters. The summed E-state index contributed by atoms with van der Waals surface area (Å²) in [5.74, 6) is 0.266. The molecule has 2 amide bonds. The molecule has 0 aliphatic rings. The molecule has 2 aromatic carbocycles. The van der Waals surface area contributed by atoms with Gasteiger partial charge < -0.3 is 16.4 Å². The summed E-state index contributed by atoms with van der Waals surface area (Å²) in [7, 11) is 0. The summed E-state index contributed by atoms with van der Waals surface area (Å²) < 4.78 is 0. The Bertz CT molecular complexity index is 1020. The van der Waals surface area contributed by atoms with E-state index in [0.717, 1.165) is 47.5 Å². The fraction of sp³-hybridized carbons (Fsp3) is 0.261. The van der Waals surface area contributed by atoms with E-state index in [-0.39, 0.29) is 12.0 Å². The Kier molecular flexibility index (Phi) is 7.25. The number of nitrogens with one attached hydrogen (secondary N) is 2. The second-order valence-corrected chi connectivity index (χ2v) is 7.46. The number of hydrogen-bond acceptors (Lipinski definition) is 4. The second-order valence-electron chi connectivity index (χ2n) is 7.05. The normalized spacial score (nSPS) is 10.6. The van der Waals surface area contributed by atoms with Gasteiger partial charge in [-0.05, 0) is 68.5 Å². The Hall–Kier alpha value is -3.12. The van der Waals surface area contributed by atoms with Crippen LogP contribution in [0.5, 0.6) is 0 Å². The molecule has 0 spiro atoms. The molecule has 3 aromatic rings. The van der Waals surface area contributed by atoms with Gasteiger partial charge in [0.15, 0.2) is 0 Å². The van der Waals surface area contributed by atoms with Gasteiger partial charge in [0.25, 0.3) is 0 Å². The average Bonchev–Trinajstić information content (AvgIpc) is 2.71. The number of aromatic nitrogens is 2. The molecule has 0 saturated carbocycles. The van der Waals surface area contributed by atoms with E-state index in [1.807, 2.05) is 62.4 Å². The Morgan fingerprint density at radius 1 is 1.10 bits per heavy atom. The lowest BCUT2D eigenvalue weighted by Crippen LogP contribution is -2.28. The lowest BCUT2D eigenvalue weighted by molar-refractivity contribution is 0.252. The maximum Gasteiger partial charge on any atom is 0.319 e. The third kappa shape index (κ3) is 5.70. The number of carbonyl (C=O) groups excluding carboxylic acids is 1. The van der Waals surface area contributed by atoms with Gasteiger partial charge in [-0.25, -0.2) is 14.8 Å². The number of rotatable bonds is 7. The number of nitrogens with two attached hydrogens (primary N) is 1. The first-order valence-electron chi connectivity index (χ1n) is 9.99. The van der Waals surface area contributed by atoms with Crippen molar-refractivity contribution in [3.63, 3.8) is 0 Å². The van der Waals surface area contributed by atoms with Crippen molar-refractivity contribution in [2.75, 3.05) is 17.6 Å². The summed E-state index contributed by atoms with van der Waals surface area (Å²) in [6.07, 6.45) is 2.61. The van der Waals surface area contributed by atoms with E-state index in [1.54, 1.807) is 0 Å². The minimum atomic E-state index is -0.197. The molecular weight excluding hydrogens is 398 g/mol. The maximum absolute atomic E-state index is 11.6. The van der Waals surface area contributed by atoms with E-state index in [4.69, 9.17) is 17.3 Å². The van der Waals surface area contributed by atoms with Gasteiger partial charge >= 0.3 is 6.03 Å². The highest BCUT2D eigenvalue weighted by atomic mass is 35.5. The van der Waals surface area contributed by atoms with Crippen molar-refractivity contribution in [1.29, 1.82) is 0 Å². The van der Waals surface area contributed by atoms with Gasteiger partial charge in [-0.3, -0.25) is 0 Å². The van der Waals surface area contributed by atoms with Gasteiger partial charge in [0, 0.05) is 28.5 Å². The van der Waals surface area contributed by atoms with E-state index in [2.05, 4.69) is 20.6 Å². The molecule has 1 aromatic heterocycles. The highest BCUT2D eigenvalue weighted by molar-refractivity contribution is 6.31. The smallest absolute Gasteiger partial charge is 0.319 e. The van der Waals surface area contributed by atoms with Crippen LogP contribution in [0.1, 0.15) is 30.2 Å². The number of benzene rings is 2. The van der Waals surface area contributed by atoms with Crippen molar-refractivity contribution in [2.45, 2.75) is 33.1 Å². The Labute approximate surface area is 181 Å². The summed E-state index contributed by atoms with van der Waals surface area (Å²) in [5, 5.41) is 6.21. The van der Waals surface area contributed by atoms with Gasteiger partial charge in [0.2, 0.25) is 5.95 Å². The predicted octanol–water partition coefficient (Wildman–Crippen LogP) is 5.00. The van der Waals surface area contributed by atoms with E-state index in [0.29, 0.717) is 11.6 Å². The molecule has 0 aliphatic carbocycles. The number of carbonyl (C=O) groups is 1. The van der Waals surface area contributed by atoms with Gasteiger partial charge in [0.1, 0.15) is 0 Å². The van der Waals surface area contributed by atoms with Crippen LogP contribution < -0.4 is 16.4 Å². The maximum atomic E-state index is 11.6. The van der Waals surface area contributed by atoms with E-state index < -0.39 is 0 Å². The number of nitrogen functional groups attached to an aromatic ring is 1. The molecule has 4 N–H and O–H groups in total. The highest BCUT2D eigenvalue weighted by Gasteiger charge is 2.10. The second kappa shape index (κ2) is 10.1. The number of nitrogens with zero attached hydrogens (tertiary/aromatic N) is 2. The number of anilines is 2. The molecule has 6 nitrogen and oxygen atoms in total. The monoisotopic (exact) mass is 423 g/mol.